The Morgan fingerprint density at radius 1 is 1.19 bits per heavy atom. The Bertz CT molecular complexity index is 302. The SMILES string of the molecule is COCc1ccccc1NCC(C)COC. The molecule has 1 rings (SSSR count). The second-order valence-corrected chi connectivity index (χ2v) is 4.03. The second-order valence-electron chi connectivity index (χ2n) is 4.03. The van der Waals surface area contributed by atoms with Crippen molar-refractivity contribution in [3.05, 3.63) is 29.8 Å². The molecule has 0 aromatic heterocycles. The van der Waals surface area contributed by atoms with Crippen LogP contribution in [0.1, 0.15) is 12.5 Å². The molecule has 90 valence electrons. The van der Waals surface area contributed by atoms with E-state index in [1.807, 2.05) is 12.1 Å². The van der Waals surface area contributed by atoms with E-state index in [2.05, 4.69) is 24.4 Å². The first-order valence-corrected chi connectivity index (χ1v) is 5.57. The summed E-state index contributed by atoms with van der Waals surface area (Å²) < 4.78 is 10.3. The minimum Gasteiger partial charge on any atom is -0.384 e. The van der Waals surface area contributed by atoms with Gasteiger partial charge in [0, 0.05) is 32.0 Å². The van der Waals surface area contributed by atoms with Crippen LogP contribution in [0.4, 0.5) is 5.69 Å². The molecule has 0 saturated heterocycles. The molecule has 0 aliphatic rings. The fourth-order valence-corrected chi connectivity index (χ4v) is 1.60. The average molecular weight is 223 g/mol. The molecule has 1 N–H and O–H groups in total. The molecule has 0 aliphatic carbocycles. The molecule has 3 nitrogen and oxygen atoms in total. The first-order chi connectivity index (χ1) is 7.77. The maximum Gasteiger partial charge on any atom is 0.0733 e. The molecule has 1 aromatic carbocycles. The van der Waals surface area contributed by atoms with Crippen LogP contribution in [-0.2, 0) is 16.1 Å². The maximum atomic E-state index is 5.16. The first kappa shape index (κ1) is 13.0. The lowest BCUT2D eigenvalue weighted by atomic mass is 10.1. The number of hydrogen-bond acceptors (Lipinski definition) is 3. The lowest BCUT2D eigenvalue weighted by molar-refractivity contribution is 0.164. The van der Waals surface area contributed by atoms with E-state index in [0.29, 0.717) is 12.5 Å². The van der Waals surface area contributed by atoms with Crippen LogP contribution >= 0.6 is 0 Å². The monoisotopic (exact) mass is 223 g/mol. The van der Waals surface area contributed by atoms with E-state index < -0.39 is 0 Å². The van der Waals surface area contributed by atoms with Gasteiger partial charge in [0.25, 0.3) is 0 Å². The summed E-state index contributed by atoms with van der Waals surface area (Å²) in [6.07, 6.45) is 0. The van der Waals surface area contributed by atoms with Crippen LogP contribution in [0, 0.1) is 5.92 Å². The molecule has 1 aromatic rings. The summed E-state index contributed by atoms with van der Waals surface area (Å²) >= 11 is 0. The van der Waals surface area contributed by atoms with E-state index in [0.717, 1.165) is 18.8 Å². The number of para-hydroxylation sites is 1. The van der Waals surface area contributed by atoms with Gasteiger partial charge in [-0.05, 0) is 12.0 Å². The van der Waals surface area contributed by atoms with Crippen LogP contribution < -0.4 is 5.32 Å². The van der Waals surface area contributed by atoms with E-state index >= 15 is 0 Å². The number of benzene rings is 1. The summed E-state index contributed by atoms with van der Waals surface area (Å²) in [5.41, 5.74) is 2.34. The first-order valence-electron chi connectivity index (χ1n) is 5.57. The number of methoxy groups -OCH3 is 2. The predicted octanol–water partition coefficient (Wildman–Crippen LogP) is 2.53. The lowest BCUT2D eigenvalue weighted by Gasteiger charge is -2.15. The minimum atomic E-state index is 0.501. The third-order valence-electron chi connectivity index (χ3n) is 2.41. The number of anilines is 1. The molecule has 1 unspecified atom stereocenters. The van der Waals surface area contributed by atoms with Crippen molar-refractivity contribution in [2.45, 2.75) is 13.5 Å². The van der Waals surface area contributed by atoms with E-state index in [9.17, 15) is 0 Å². The smallest absolute Gasteiger partial charge is 0.0733 e. The number of ether oxygens (including phenoxy) is 2. The molecule has 1 atom stereocenters. The summed E-state index contributed by atoms with van der Waals surface area (Å²) in [7, 11) is 3.44. The number of rotatable bonds is 7. The van der Waals surface area contributed by atoms with Crippen LogP contribution in [0.3, 0.4) is 0 Å². The second kappa shape index (κ2) is 7.25. The standard InChI is InChI=1S/C13H21NO2/c1-11(9-15-2)8-14-13-7-5-4-6-12(13)10-16-3/h4-7,11,14H,8-10H2,1-3H3. The molecule has 0 fully saturated rings. The highest BCUT2D eigenvalue weighted by atomic mass is 16.5. The van der Waals surface area contributed by atoms with Crippen molar-refractivity contribution in [2.75, 3.05) is 32.7 Å². The molecule has 0 bridgehead atoms. The third kappa shape index (κ3) is 4.21. The fourth-order valence-electron chi connectivity index (χ4n) is 1.60. The van der Waals surface area contributed by atoms with Crippen LogP contribution in [-0.4, -0.2) is 27.4 Å². The molecule has 0 amide bonds. The van der Waals surface area contributed by atoms with Crippen LogP contribution in [0.2, 0.25) is 0 Å². The largest absolute Gasteiger partial charge is 0.384 e. The summed E-state index contributed by atoms with van der Waals surface area (Å²) in [5, 5.41) is 3.42. The van der Waals surface area contributed by atoms with Crippen molar-refractivity contribution in [1.29, 1.82) is 0 Å². The van der Waals surface area contributed by atoms with Gasteiger partial charge in [-0.3, -0.25) is 0 Å². The molecular formula is C13H21NO2. The van der Waals surface area contributed by atoms with Gasteiger partial charge in [0.15, 0.2) is 0 Å². The Hall–Kier alpha value is -1.06. The van der Waals surface area contributed by atoms with Gasteiger partial charge in [0.05, 0.1) is 13.2 Å². The Kier molecular flexibility index (Phi) is 5.90. The van der Waals surface area contributed by atoms with E-state index in [4.69, 9.17) is 9.47 Å². The zero-order valence-corrected chi connectivity index (χ0v) is 10.3. The third-order valence-corrected chi connectivity index (χ3v) is 2.41. The minimum absolute atomic E-state index is 0.501. The van der Waals surface area contributed by atoms with Crippen molar-refractivity contribution >= 4 is 5.69 Å². The summed E-state index contributed by atoms with van der Waals surface area (Å²) in [4.78, 5) is 0. The van der Waals surface area contributed by atoms with Crippen molar-refractivity contribution in [3.8, 4) is 0 Å². The highest BCUT2D eigenvalue weighted by Crippen LogP contribution is 2.16. The van der Waals surface area contributed by atoms with E-state index in [-0.39, 0.29) is 0 Å². The van der Waals surface area contributed by atoms with E-state index in [1.165, 1.54) is 5.56 Å². The summed E-state index contributed by atoms with van der Waals surface area (Å²) in [6.45, 7) is 4.49. The Balaban J connectivity index is 2.52. The lowest BCUT2D eigenvalue weighted by Crippen LogP contribution is -2.16. The summed E-state index contributed by atoms with van der Waals surface area (Å²) in [6, 6.07) is 8.21. The molecule has 0 aliphatic heterocycles. The van der Waals surface area contributed by atoms with Gasteiger partial charge < -0.3 is 14.8 Å². The molecule has 0 saturated carbocycles. The van der Waals surface area contributed by atoms with Crippen LogP contribution in [0.5, 0.6) is 0 Å². The molecule has 0 radical (unpaired) electrons. The molecule has 3 heteroatoms. The van der Waals surface area contributed by atoms with Gasteiger partial charge in [0.1, 0.15) is 0 Å². The van der Waals surface area contributed by atoms with E-state index in [1.54, 1.807) is 14.2 Å². The van der Waals surface area contributed by atoms with Gasteiger partial charge in [-0.2, -0.15) is 0 Å². The molecular weight excluding hydrogens is 202 g/mol. The highest BCUT2D eigenvalue weighted by Gasteiger charge is 2.04. The molecule has 0 heterocycles. The number of nitrogens with one attached hydrogen (secondary N) is 1. The highest BCUT2D eigenvalue weighted by molar-refractivity contribution is 5.50. The zero-order valence-electron chi connectivity index (χ0n) is 10.3. The quantitative estimate of drug-likeness (QED) is 0.770. The number of hydrogen-bond donors (Lipinski definition) is 1. The van der Waals surface area contributed by atoms with Gasteiger partial charge in [-0.25, -0.2) is 0 Å². The topological polar surface area (TPSA) is 30.5 Å². The molecule has 16 heavy (non-hydrogen) atoms. The van der Waals surface area contributed by atoms with Gasteiger partial charge >= 0.3 is 0 Å². The van der Waals surface area contributed by atoms with Gasteiger partial charge in [-0.1, -0.05) is 25.1 Å². The summed E-state index contributed by atoms with van der Waals surface area (Å²) in [5.74, 6) is 0.501. The Morgan fingerprint density at radius 3 is 2.62 bits per heavy atom. The van der Waals surface area contributed by atoms with Crippen molar-refractivity contribution in [2.24, 2.45) is 5.92 Å². The van der Waals surface area contributed by atoms with Crippen molar-refractivity contribution < 1.29 is 9.47 Å². The van der Waals surface area contributed by atoms with Gasteiger partial charge in [0.2, 0.25) is 0 Å². The maximum absolute atomic E-state index is 5.16. The average Bonchev–Trinajstić information content (AvgIpc) is 2.29. The van der Waals surface area contributed by atoms with Crippen molar-refractivity contribution in [3.63, 3.8) is 0 Å². The van der Waals surface area contributed by atoms with Gasteiger partial charge in [-0.15, -0.1) is 0 Å². The van der Waals surface area contributed by atoms with Crippen LogP contribution in [0.25, 0.3) is 0 Å². The normalized spacial score (nSPS) is 12.4. The van der Waals surface area contributed by atoms with Crippen LogP contribution in [0.15, 0.2) is 24.3 Å². The predicted molar refractivity (Wildman–Crippen MR) is 66.7 cm³/mol. The Labute approximate surface area is 97.8 Å². The Morgan fingerprint density at radius 2 is 1.94 bits per heavy atom. The van der Waals surface area contributed by atoms with Crippen molar-refractivity contribution in [1.82, 2.24) is 0 Å². The molecule has 0 spiro atoms. The zero-order chi connectivity index (χ0) is 11.8. The fraction of sp³-hybridized carbons (Fsp3) is 0.538.